The third kappa shape index (κ3) is 4.14. The van der Waals surface area contributed by atoms with Crippen LogP contribution in [0.1, 0.15) is 31.2 Å². The van der Waals surface area contributed by atoms with Crippen molar-refractivity contribution in [1.82, 2.24) is 5.43 Å². The Bertz CT molecular complexity index is 410. The molecule has 3 N–H and O–H groups in total. The molecule has 0 aliphatic carbocycles. The minimum absolute atomic E-state index is 0.0390. The van der Waals surface area contributed by atoms with Gasteiger partial charge >= 0.3 is 0 Å². The van der Waals surface area contributed by atoms with Crippen LogP contribution in [-0.2, 0) is 11.2 Å². The van der Waals surface area contributed by atoms with Crippen LogP contribution in [0.15, 0.2) is 18.2 Å². The van der Waals surface area contributed by atoms with E-state index in [-0.39, 0.29) is 16.9 Å². The zero-order valence-electron chi connectivity index (χ0n) is 10.9. The molecule has 1 aromatic carbocycles. The second-order valence-electron chi connectivity index (χ2n) is 4.99. The SMILES string of the molecule is NNC(CCC1CCCO1)Cc1cccc(Cl)c1F. The molecule has 1 saturated heterocycles. The highest BCUT2D eigenvalue weighted by molar-refractivity contribution is 6.30. The lowest BCUT2D eigenvalue weighted by Gasteiger charge is -2.18. The standard InChI is InChI=1S/C14H20ClFN2O/c15-13-5-1-3-10(14(13)16)9-11(18-17)6-7-12-4-2-8-19-12/h1,3,5,11-12,18H,2,4,6-9,17H2. The van der Waals surface area contributed by atoms with Crippen LogP contribution in [0.5, 0.6) is 0 Å². The lowest BCUT2D eigenvalue weighted by Crippen LogP contribution is -2.37. The third-order valence-corrected chi connectivity index (χ3v) is 3.89. The maximum absolute atomic E-state index is 13.8. The Labute approximate surface area is 118 Å². The molecule has 0 radical (unpaired) electrons. The number of halogens is 2. The third-order valence-electron chi connectivity index (χ3n) is 3.59. The predicted molar refractivity (Wildman–Crippen MR) is 74.4 cm³/mol. The molecule has 1 aromatic rings. The van der Waals surface area contributed by atoms with Gasteiger partial charge in [0.15, 0.2) is 0 Å². The molecule has 3 nitrogen and oxygen atoms in total. The van der Waals surface area contributed by atoms with Gasteiger partial charge in [0.25, 0.3) is 0 Å². The largest absolute Gasteiger partial charge is 0.378 e. The Kier molecular flexibility index (Phi) is 5.58. The highest BCUT2D eigenvalue weighted by Crippen LogP contribution is 2.22. The van der Waals surface area contributed by atoms with E-state index in [9.17, 15) is 4.39 Å². The first-order valence-electron chi connectivity index (χ1n) is 6.71. The van der Waals surface area contributed by atoms with Crippen molar-refractivity contribution in [1.29, 1.82) is 0 Å². The number of hydrogen-bond acceptors (Lipinski definition) is 3. The molecule has 0 saturated carbocycles. The summed E-state index contributed by atoms with van der Waals surface area (Å²) in [6, 6.07) is 5.10. The van der Waals surface area contributed by atoms with Crippen LogP contribution in [0.4, 0.5) is 4.39 Å². The van der Waals surface area contributed by atoms with Crippen molar-refractivity contribution in [2.24, 2.45) is 5.84 Å². The number of nitrogens with one attached hydrogen (secondary N) is 1. The molecule has 1 aliphatic rings. The molecular weight excluding hydrogens is 267 g/mol. The van der Waals surface area contributed by atoms with Crippen LogP contribution in [0.25, 0.3) is 0 Å². The van der Waals surface area contributed by atoms with Gasteiger partial charge in [-0.25, -0.2) is 4.39 Å². The molecule has 2 atom stereocenters. The molecule has 0 spiro atoms. The van der Waals surface area contributed by atoms with Crippen LogP contribution in [0.2, 0.25) is 5.02 Å². The number of rotatable bonds is 6. The molecule has 19 heavy (non-hydrogen) atoms. The van der Waals surface area contributed by atoms with Crippen LogP contribution in [0, 0.1) is 5.82 Å². The smallest absolute Gasteiger partial charge is 0.145 e. The van der Waals surface area contributed by atoms with Gasteiger partial charge in [-0.1, -0.05) is 23.7 Å². The second-order valence-corrected chi connectivity index (χ2v) is 5.40. The summed E-state index contributed by atoms with van der Waals surface area (Å²) >= 11 is 5.77. The molecule has 0 amide bonds. The molecule has 2 unspecified atom stereocenters. The summed E-state index contributed by atoms with van der Waals surface area (Å²) in [5.41, 5.74) is 3.36. The predicted octanol–water partition coefficient (Wildman–Crippen LogP) is 2.81. The number of hydrogen-bond donors (Lipinski definition) is 2. The summed E-state index contributed by atoms with van der Waals surface area (Å²) in [6.07, 6.45) is 4.94. The average molecular weight is 287 g/mol. The maximum atomic E-state index is 13.8. The number of ether oxygens (including phenoxy) is 1. The summed E-state index contributed by atoms with van der Waals surface area (Å²) in [5.74, 6) is 5.20. The molecule has 5 heteroatoms. The number of benzene rings is 1. The Balaban J connectivity index is 1.88. The normalized spacial score (nSPS) is 20.7. The Hall–Kier alpha value is -0.680. The fourth-order valence-corrected chi connectivity index (χ4v) is 2.67. The Morgan fingerprint density at radius 2 is 2.37 bits per heavy atom. The second kappa shape index (κ2) is 7.20. The minimum Gasteiger partial charge on any atom is -0.378 e. The Morgan fingerprint density at radius 3 is 3.05 bits per heavy atom. The molecular formula is C14H20ClFN2O. The van der Waals surface area contributed by atoms with Gasteiger partial charge in [-0.15, -0.1) is 0 Å². The molecule has 1 heterocycles. The van der Waals surface area contributed by atoms with Crippen molar-refractivity contribution in [3.05, 3.63) is 34.6 Å². The van der Waals surface area contributed by atoms with Crippen molar-refractivity contribution >= 4 is 11.6 Å². The van der Waals surface area contributed by atoms with E-state index in [0.717, 1.165) is 32.3 Å². The maximum Gasteiger partial charge on any atom is 0.145 e. The fourth-order valence-electron chi connectivity index (χ4n) is 2.47. The van der Waals surface area contributed by atoms with Gasteiger partial charge in [0.1, 0.15) is 5.82 Å². The van der Waals surface area contributed by atoms with E-state index in [4.69, 9.17) is 22.2 Å². The monoisotopic (exact) mass is 286 g/mol. The first kappa shape index (κ1) is 14.7. The number of hydrazine groups is 1. The molecule has 1 fully saturated rings. The van der Waals surface area contributed by atoms with E-state index >= 15 is 0 Å². The molecule has 0 bridgehead atoms. The minimum atomic E-state index is -0.346. The lowest BCUT2D eigenvalue weighted by atomic mass is 9.99. The van der Waals surface area contributed by atoms with Crippen LogP contribution < -0.4 is 11.3 Å². The van der Waals surface area contributed by atoms with E-state index < -0.39 is 0 Å². The van der Waals surface area contributed by atoms with Crippen molar-refractivity contribution in [3.8, 4) is 0 Å². The van der Waals surface area contributed by atoms with E-state index in [1.807, 2.05) is 0 Å². The molecule has 1 aliphatic heterocycles. The quantitative estimate of drug-likeness (QED) is 0.624. The van der Waals surface area contributed by atoms with Gasteiger partial charge in [0.05, 0.1) is 11.1 Å². The zero-order chi connectivity index (χ0) is 13.7. The van der Waals surface area contributed by atoms with Crippen molar-refractivity contribution in [2.75, 3.05) is 6.61 Å². The van der Waals surface area contributed by atoms with Gasteiger partial charge in [-0.3, -0.25) is 11.3 Å². The van der Waals surface area contributed by atoms with E-state index in [0.29, 0.717) is 18.1 Å². The van der Waals surface area contributed by atoms with Crippen molar-refractivity contribution in [2.45, 2.75) is 44.2 Å². The average Bonchev–Trinajstić information content (AvgIpc) is 2.92. The van der Waals surface area contributed by atoms with Gasteiger partial charge in [-0.2, -0.15) is 0 Å². The fraction of sp³-hybridized carbons (Fsp3) is 0.571. The summed E-state index contributed by atoms with van der Waals surface area (Å²) in [7, 11) is 0. The van der Waals surface area contributed by atoms with Gasteiger partial charge in [0, 0.05) is 12.6 Å². The van der Waals surface area contributed by atoms with Gasteiger partial charge in [-0.05, 0) is 43.7 Å². The summed E-state index contributed by atoms with van der Waals surface area (Å²) < 4.78 is 19.4. The molecule has 2 rings (SSSR count). The van der Waals surface area contributed by atoms with E-state index in [1.54, 1.807) is 18.2 Å². The summed E-state index contributed by atoms with van der Waals surface area (Å²) in [6.45, 7) is 0.855. The van der Waals surface area contributed by atoms with Gasteiger partial charge in [0.2, 0.25) is 0 Å². The van der Waals surface area contributed by atoms with Crippen LogP contribution in [0.3, 0.4) is 0 Å². The van der Waals surface area contributed by atoms with E-state index in [1.165, 1.54) is 0 Å². The number of nitrogens with two attached hydrogens (primary N) is 1. The first-order valence-corrected chi connectivity index (χ1v) is 7.09. The highest BCUT2D eigenvalue weighted by Gasteiger charge is 2.18. The highest BCUT2D eigenvalue weighted by atomic mass is 35.5. The van der Waals surface area contributed by atoms with E-state index in [2.05, 4.69) is 5.43 Å². The van der Waals surface area contributed by atoms with Gasteiger partial charge < -0.3 is 4.74 Å². The van der Waals surface area contributed by atoms with Crippen molar-refractivity contribution < 1.29 is 9.13 Å². The molecule has 0 aromatic heterocycles. The van der Waals surface area contributed by atoms with Crippen LogP contribution in [-0.4, -0.2) is 18.8 Å². The summed E-state index contributed by atoms with van der Waals surface area (Å²) in [4.78, 5) is 0. The van der Waals surface area contributed by atoms with Crippen molar-refractivity contribution in [3.63, 3.8) is 0 Å². The molecule has 106 valence electrons. The lowest BCUT2D eigenvalue weighted by molar-refractivity contribution is 0.0995. The Morgan fingerprint density at radius 1 is 1.53 bits per heavy atom. The van der Waals surface area contributed by atoms with Crippen LogP contribution >= 0.6 is 11.6 Å². The zero-order valence-corrected chi connectivity index (χ0v) is 11.6. The first-order chi connectivity index (χ1) is 9.20. The summed E-state index contributed by atoms with van der Waals surface area (Å²) in [5, 5.41) is 0.160. The topological polar surface area (TPSA) is 47.3 Å².